The van der Waals surface area contributed by atoms with Gasteiger partial charge in [0.1, 0.15) is 0 Å². The maximum atomic E-state index is 12.2. The lowest BCUT2D eigenvalue weighted by Gasteiger charge is -2.31. The standard InChI is InChI=1S/C23H25NO3/c1-23(2)15-17(13-20(25)16-23)14-21(18-9-5-3-6-10-18)22(24(26)27)19-11-7-4-8-12-19/h3-13,21-22H,14-16H2,1-2H3/t21-,22+/m1/s1. The molecule has 27 heavy (non-hydrogen) atoms. The van der Waals surface area contributed by atoms with Gasteiger partial charge in [-0.1, -0.05) is 80.1 Å². The van der Waals surface area contributed by atoms with E-state index in [4.69, 9.17) is 0 Å². The zero-order valence-electron chi connectivity index (χ0n) is 15.8. The summed E-state index contributed by atoms with van der Waals surface area (Å²) >= 11 is 0. The summed E-state index contributed by atoms with van der Waals surface area (Å²) in [6.07, 6.45) is 3.55. The molecule has 0 saturated heterocycles. The molecule has 2 aromatic rings. The molecule has 2 aromatic carbocycles. The third kappa shape index (κ3) is 4.70. The third-order valence-electron chi connectivity index (χ3n) is 5.18. The largest absolute Gasteiger partial charge is 0.295 e. The highest BCUT2D eigenvalue weighted by Gasteiger charge is 2.37. The molecule has 0 unspecified atom stereocenters. The van der Waals surface area contributed by atoms with Crippen molar-refractivity contribution < 1.29 is 9.72 Å². The van der Waals surface area contributed by atoms with Gasteiger partial charge in [0.05, 0.1) is 5.92 Å². The first-order valence-electron chi connectivity index (χ1n) is 9.31. The maximum absolute atomic E-state index is 12.2. The number of hydrogen-bond acceptors (Lipinski definition) is 3. The molecule has 140 valence electrons. The number of carbonyl (C=O) groups excluding carboxylic acids is 1. The van der Waals surface area contributed by atoms with Crippen LogP contribution in [0.2, 0.25) is 0 Å². The minimum absolute atomic E-state index is 0.0980. The summed E-state index contributed by atoms with van der Waals surface area (Å²) < 4.78 is 0. The normalized spacial score (nSPS) is 18.4. The summed E-state index contributed by atoms with van der Waals surface area (Å²) in [5.74, 6) is -0.207. The van der Waals surface area contributed by atoms with Gasteiger partial charge in [-0.3, -0.25) is 14.9 Å². The molecule has 1 aliphatic rings. The van der Waals surface area contributed by atoms with E-state index in [9.17, 15) is 14.9 Å². The van der Waals surface area contributed by atoms with Crippen LogP contribution in [0, 0.1) is 15.5 Å². The Bertz CT molecular complexity index is 840. The van der Waals surface area contributed by atoms with Crippen LogP contribution in [0.4, 0.5) is 0 Å². The second-order valence-corrected chi connectivity index (χ2v) is 8.15. The summed E-state index contributed by atoms with van der Waals surface area (Å²) in [7, 11) is 0. The summed E-state index contributed by atoms with van der Waals surface area (Å²) in [6.45, 7) is 4.16. The Morgan fingerprint density at radius 3 is 2.04 bits per heavy atom. The predicted octanol–water partition coefficient (Wildman–Crippen LogP) is 5.49. The fourth-order valence-electron chi connectivity index (χ4n) is 4.16. The molecule has 0 fully saturated rings. The van der Waals surface area contributed by atoms with E-state index in [0.717, 1.165) is 17.6 Å². The topological polar surface area (TPSA) is 60.2 Å². The fourth-order valence-corrected chi connectivity index (χ4v) is 4.16. The first-order valence-corrected chi connectivity index (χ1v) is 9.31. The highest BCUT2D eigenvalue weighted by atomic mass is 16.6. The monoisotopic (exact) mass is 363 g/mol. The van der Waals surface area contributed by atoms with Gasteiger partial charge in [0.25, 0.3) is 0 Å². The van der Waals surface area contributed by atoms with E-state index in [1.54, 1.807) is 6.08 Å². The van der Waals surface area contributed by atoms with Crippen LogP contribution in [0.25, 0.3) is 0 Å². The van der Waals surface area contributed by atoms with Crippen molar-refractivity contribution in [2.75, 3.05) is 0 Å². The summed E-state index contributed by atoms with van der Waals surface area (Å²) in [4.78, 5) is 24.0. The molecule has 0 amide bonds. The number of hydrogen-bond donors (Lipinski definition) is 0. The average molecular weight is 363 g/mol. The van der Waals surface area contributed by atoms with Crippen molar-refractivity contribution in [2.24, 2.45) is 5.41 Å². The Labute approximate surface area is 160 Å². The lowest BCUT2D eigenvalue weighted by atomic mass is 9.73. The lowest BCUT2D eigenvalue weighted by Crippen LogP contribution is -2.25. The molecule has 4 nitrogen and oxygen atoms in total. The number of carbonyl (C=O) groups is 1. The van der Waals surface area contributed by atoms with Crippen LogP contribution in [0.5, 0.6) is 0 Å². The number of benzene rings is 2. The second kappa shape index (κ2) is 7.87. The molecule has 0 saturated carbocycles. The van der Waals surface area contributed by atoms with Gasteiger partial charge in [0.2, 0.25) is 6.04 Å². The van der Waals surface area contributed by atoms with Crippen molar-refractivity contribution in [3.63, 3.8) is 0 Å². The Hall–Kier alpha value is -2.75. The number of nitro groups is 1. The Morgan fingerprint density at radius 1 is 0.963 bits per heavy atom. The molecule has 0 spiro atoms. The van der Waals surface area contributed by atoms with Gasteiger partial charge in [0, 0.05) is 16.9 Å². The molecule has 3 rings (SSSR count). The molecule has 2 atom stereocenters. The smallest absolute Gasteiger partial charge is 0.245 e. The quantitative estimate of drug-likeness (QED) is 0.503. The third-order valence-corrected chi connectivity index (χ3v) is 5.18. The zero-order chi connectivity index (χ0) is 19.4. The van der Waals surface area contributed by atoms with E-state index >= 15 is 0 Å². The van der Waals surface area contributed by atoms with Gasteiger partial charge in [-0.25, -0.2) is 0 Å². The van der Waals surface area contributed by atoms with Crippen molar-refractivity contribution in [2.45, 2.75) is 45.1 Å². The van der Waals surface area contributed by atoms with Crippen LogP contribution < -0.4 is 0 Å². The SMILES string of the molecule is CC1(C)CC(=O)C=C(C[C@H](c2ccccc2)[C@H](c2ccccc2)[N+](=O)[O-])C1. The van der Waals surface area contributed by atoms with Crippen molar-refractivity contribution in [1.29, 1.82) is 0 Å². The molecule has 0 bridgehead atoms. The predicted molar refractivity (Wildman–Crippen MR) is 106 cm³/mol. The van der Waals surface area contributed by atoms with Gasteiger partial charge in [0.15, 0.2) is 5.78 Å². The number of ketones is 1. The van der Waals surface area contributed by atoms with Gasteiger partial charge in [-0.15, -0.1) is 0 Å². The lowest BCUT2D eigenvalue weighted by molar-refractivity contribution is -0.533. The molecule has 0 radical (unpaired) electrons. The Balaban J connectivity index is 2.01. The summed E-state index contributed by atoms with van der Waals surface area (Å²) in [5.41, 5.74) is 2.53. The van der Waals surface area contributed by atoms with E-state index < -0.39 is 6.04 Å². The van der Waals surface area contributed by atoms with Gasteiger partial charge >= 0.3 is 0 Å². The maximum Gasteiger partial charge on any atom is 0.245 e. The van der Waals surface area contributed by atoms with E-state index in [1.807, 2.05) is 60.7 Å². The zero-order valence-corrected chi connectivity index (χ0v) is 15.8. The van der Waals surface area contributed by atoms with E-state index in [2.05, 4.69) is 13.8 Å². The van der Waals surface area contributed by atoms with Crippen LogP contribution in [0.3, 0.4) is 0 Å². The molecule has 0 N–H and O–H groups in total. The van der Waals surface area contributed by atoms with Crippen LogP contribution in [-0.4, -0.2) is 10.7 Å². The number of allylic oxidation sites excluding steroid dienone is 2. The highest BCUT2D eigenvalue weighted by Crippen LogP contribution is 2.42. The van der Waals surface area contributed by atoms with Crippen molar-refractivity contribution in [3.8, 4) is 0 Å². The molecular formula is C23H25NO3. The van der Waals surface area contributed by atoms with E-state index in [-0.39, 0.29) is 22.0 Å². The molecular weight excluding hydrogens is 338 g/mol. The van der Waals surface area contributed by atoms with Crippen molar-refractivity contribution >= 4 is 5.78 Å². The molecule has 0 aliphatic heterocycles. The van der Waals surface area contributed by atoms with Crippen molar-refractivity contribution in [1.82, 2.24) is 0 Å². The highest BCUT2D eigenvalue weighted by molar-refractivity contribution is 5.91. The molecule has 1 aliphatic carbocycles. The van der Waals surface area contributed by atoms with Crippen LogP contribution in [-0.2, 0) is 4.79 Å². The van der Waals surface area contributed by atoms with Gasteiger partial charge in [-0.05, 0) is 29.9 Å². The van der Waals surface area contributed by atoms with Crippen LogP contribution in [0.15, 0.2) is 72.3 Å². The minimum atomic E-state index is -0.852. The Morgan fingerprint density at radius 2 is 1.52 bits per heavy atom. The molecule has 4 heteroatoms. The van der Waals surface area contributed by atoms with Crippen LogP contribution in [0.1, 0.15) is 56.2 Å². The molecule has 0 heterocycles. The van der Waals surface area contributed by atoms with Crippen LogP contribution >= 0.6 is 0 Å². The van der Waals surface area contributed by atoms with Gasteiger partial charge < -0.3 is 0 Å². The van der Waals surface area contributed by atoms with Crippen molar-refractivity contribution in [3.05, 3.63) is 93.6 Å². The summed E-state index contributed by atoms with van der Waals surface area (Å²) in [5, 5.41) is 12.1. The number of rotatable bonds is 6. The molecule has 0 aromatic heterocycles. The van der Waals surface area contributed by atoms with E-state index in [1.165, 1.54) is 0 Å². The fraction of sp³-hybridized carbons (Fsp3) is 0.348. The first-order chi connectivity index (χ1) is 12.9. The average Bonchev–Trinajstić information content (AvgIpc) is 2.61. The minimum Gasteiger partial charge on any atom is -0.295 e. The second-order valence-electron chi connectivity index (χ2n) is 8.15. The Kier molecular flexibility index (Phi) is 5.54. The summed E-state index contributed by atoms with van der Waals surface area (Å²) in [6, 6.07) is 17.9. The first kappa shape index (κ1) is 19.0. The number of nitrogens with zero attached hydrogens (tertiary/aromatic N) is 1. The van der Waals surface area contributed by atoms with Gasteiger partial charge in [-0.2, -0.15) is 0 Å². The van der Waals surface area contributed by atoms with E-state index in [0.29, 0.717) is 18.4 Å².